The quantitative estimate of drug-likeness (QED) is 0.219. The topological polar surface area (TPSA) is 8.17 Å². The molecule has 7 aromatic rings. The van der Waals surface area contributed by atoms with Crippen LogP contribution in [0.15, 0.2) is 152 Å². The number of hydrogen-bond acceptors (Lipinski definition) is 1. The minimum atomic E-state index is 0.717. The van der Waals surface area contributed by atoms with E-state index >= 15 is 0 Å². The van der Waals surface area contributed by atoms with Crippen LogP contribution in [0.25, 0.3) is 38.6 Å². The maximum atomic E-state index is 6.33. The average Bonchev–Trinajstić information content (AvgIpc) is 3.33. The second-order valence-electron chi connectivity index (χ2n) is 9.58. The molecule has 0 aliphatic rings. The Bertz CT molecular complexity index is 1910. The lowest BCUT2D eigenvalue weighted by atomic mass is 10.0. The summed E-state index contributed by atoms with van der Waals surface area (Å²) in [6, 6.07) is 53.2. The van der Waals surface area contributed by atoms with Gasteiger partial charge in [0.05, 0.1) is 16.7 Å². The maximum Gasteiger partial charge on any atom is 0.0561 e. The van der Waals surface area contributed by atoms with Gasteiger partial charge < -0.3 is 9.47 Å². The first kappa shape index (κ1) is 23.3. The van der Waals surface area contributed by atoms with E-state index in [1.54, 1.807) is 0 Å². The SMILES string of the molecule is Clc1ccc(N(c2ccc3c4ccccc4n(-c4ccccc4)c3c2)c2ccccc2-c2ccccc2)cc1. The van der Waals surface area contributed by atoms with Crippen LogP contribution < -0.4 is 4.90 Å². The molecule has 2 nitrogen and oxygen atoms in total. The molecule has 0 saturated carbocycles. The summed E-state index contributed by atoms with van der Waals surface area (Å²) in [5.41, 5.74) is 9.06. The van der Waals surface area contributed by atoms with Gasteiger partial charge in [-0.3, -0.25) is 0 Å². The Morgan fingerprint density at radius 1 is 0.487 bits per heavy atom. The van der Waals surface area contributed by atoms with Crippen molar-refractivity contribution in [1.29, 1.82) is 0 Å². The van der Waals surface area contributed by atoms with Crippen molar-refractivity contribution < 1.29 is 0 Å². The van der Waals surface area contributed by atoms with E-state index in [-0.39, 0.29) is 0 Å². The molecule has 0 aliphatic carbocycles. The van der Waals surface area contributed by atoms with Gasteiger partial charge in [0.1, 0.15) is 0 Å². The van der Waals surface area contributed by atoms with Gasteiger partial charge in [0.25, 0.3) is 0 Å². The molecule has 0 amide bonds. The predicted octanol–water partition coefficient (Wildman–Crippen LogP) is 10.6. The van der Waals surface area contributed by atoms with Crippen molar-refractivity contribution in [3.05, 3.63) is 157 Å². The summed E-state index contributed by atoms with van der Waals surface area (Å²) in [5, 5.41) is 3.19. The van der Waals surface area contributed by atoms with E-state index in [0.29, 0.717) is 0 Å². The van der Waals surface area contributed by atoms with Crippen LogP contribution in [0.1, 0.15) is 0 Å². The molecule has 0 radical (unpaired) electrons. The summed E-state index contributed by atoms with van der Waals surface area (Å²) in [6.45, 7) is 0. The van der Waals surface area contributed by atoms with Crippen molar-refractivity contribution in [1.82, 2.24) is 4.57 Å². The van der Waals surface area contributed by atoms with Gasteiger partial charge in [0.15, 0.2) is 0 Å². The van der Waals surface area contributed by atoms with Crippen LogP contribution in [0.2, 0.25) is 5.02 Å². The standard InChI is InChI=1S/C36H25ClN2/c37-27-19-21-29(22-20-27)38(34-17-9-7-15-31(34)26-11-3-1-4-12-26)30-23-24-33-32-16-8-10-18-35(32)39(36(33)25-30)28-13-5-2-6-14-28/h1-25H. The van der Waals surface area contributed by atoms with E-state index in [2.05, 4.69) is 149 Å². The fraction of sp³-hybridized carbons (Fsp3) is 0. The highest BCUT2D eigenvalue weighted by molar-refractivity contribution is 6.30. The summed E-state index contributed by atoms with van der Waals surface area (Å²) < 4.78 is 2.36. The molecular weight excluding hydrogens is 496 g/mol. The molecule has 1 heterocycles. The van der Waals surface area contributed by atoms with E-state index in [1.807, 2.05) is 12.1 Å². The van der Waals surface area contributed by atoms with Crippen molar-refractivity contribution in [2.24, 2.45) is 0 Å². The molecule has 3 heteroatoms. The van der Waals surface area contributed by atoms with Gasteiger partial charge in [-0.25, -0.2) is 0 Å². The largest absolute Gasteiger partial charge is 0.310 e. The molecule has 0 bridgehead atoms. The third kappa shape index (κ3) is 4.16. The average molecular weight is 521 g/mol. The van der Waals surface area contributed by atoms with Gasteiger partial charge in [0, 0.05) is 38.4 Å². The van der Waals surface area contributed by atoms with E-state index in [4.69, 9.17) is 11.6 Å². The van der Waals surface area contributed by atoms with E-state index in [9.17, 15) is 0 Å². The first-order valence-corrected chi connectivity index (χ1v) is 13.4. The molecule has 1 aromatic heterocycles. The summed E-state index contributed by atoms with van der Waals surface area (Å²) in [5.74, 6) is 0. The summed E-state index contributed by atoms with van der Waals surface area (Å²) in [7, 11) is 0. The smallest absolute Gasteiger partial charge is 0.0561 e. The highest BCUT2D eigenvalue weighted by Crippen LogP contribution is 2.43. The van der Waals surface area contributed by atoms with E-state index < -0.39 is 0 Å². The second kappa shape index (κ2) is 9.83. The van der Waals surface area contributed by atoms with Crippen LogP contribution in [0.4, 0.5) is 17.1 Å². The van der Waals surface area contributed by atoms with Gasteiger partial charge in [-0.2, -0.15) is 0 Å². The Morgan fingerprint density at radius 2 is 1.10 bits per heavy atom. The summed E-state index contributed by atoms with van der Waals surface area (Å²) >= 11 is 6.33. The van der Waals surface area contributed by atoms with Crippen molar-refractivity contribution >= 4 is 50.5 Å². The monoisotopic (exact) mass is 520 g/mol. The molecule has 0 spiro atoms. The normalized spacial score (nSPS) is 11.2. The van der Waals surface area contributed by atoms with Crippen molar-refractivity contribution in [2.45, 2.75) is 0 Å². The van der Waals surface area contributed by atoms with E-state index in [0.717, 1.165) is 38.9 Å². The lowest BCUT2D eigenvalue weighted by molar-refractivity contribution is 1.18. The molecule has 39 heavy (non-hydrogen) atoms. The Kier molecular flexibility index (Phi) is 5.88. The van der Waals surface area contributed by atoms with E-state index in [1.165, 1.54) is 21.9 Å². The Hall–Kier alpha value is -4.79. The van der Waals surface area contributed by atoms with Crippen molar-refractivity contribution in [2.75, 3.05) is 4.90 Å². The van der Waals surface area contributed by atoms with Crippen LogP contribution in [0, 0.1) is 0 Å². The molecule has 0 unspecified atom stereocenters. The zero-order valence-corrected chi connectivity index (χ0v) is 22.0. The molecule has 0 atom stereocenters. The zero-order valence-electron chi connectivity index (χ0n) is 21.2. The predicted molar refractivity (Wildman–Crippen MR) is 166 cm³/mol. The Labute approximate surface area is 233 Å². The van der Waals surface area contributed by atoms with Gasteiger partial charge in [-0.1, -0.05) is 103 Å². The summed E-state index contributed by atoms with van der Waals surface area (Å²) in [4.78, 5) is 2.32. The Balaban J connectivity index is 1.51. The molecule has 0 N–H and O–H groups in total. The van der Waals surface area contributed by atoms with Gasteiger partial charge in [0.2, 0.25) is 0 Å². The number of fused-ring (bicyclic) bond motifs is 3. The zero-order chi connectivity index (χ0) is 26.2. The fourth-order valence-corrected chi connectivity index (χ4v) is 5.63. The molecule has 7 rings (SSSR count). The first-order chi connectivity index (χ1) is 19.3. The van der Waals surface area contributed by atoms with Crippen molar-refractivity contribution in [3.63, 3.8) is 0 Å². The minimum Gasteiger partial charge on any atom is -0.310 e. The van der Waals surface area contributed by atoms with Gasteiger partial charge in [-0.05, 0) is 66.2 Å². The third-order valence-corrected chi connectivity index (χ3v) is 7.50. The molecule has 186 valence electrons. The number of anilines is 3. The lowest BCUT2D eigenvalue weighted by Crippen LogP contribution is -2.11. The molecule has 0 aliphatic heterocycles. The molecule has 0 saturated heterocycles. The first-order valence-electron chi connectivity index (χ1n) is 13.1. The van der Waals surface area contributed by atoms with Gasteiger partial charge >= 0.3 is 0 Å². The number of para-hydroxylation sites is 3. The molecule has 6 aromatic carbocycles. The number of hydrogen-bond donors (Lipinski definition) is 0. The number of benzene rings is 6. The number of nitrogens with zero attached hydrogens (tertiary/aromatic N) is 2. The van der Waals surface area contributed by atoms with Crippen LogP contribution in [-0.2, 0) is 0 Å². The second-order valence-corrected chi connectivity index (χ2v) is 10.0. The molecule has 0 fully saturated rings. The van der Waals surface area contributed by atoms with Crippen LogP contribution in [0.5, 0.6) is 0 Å². The third-order valence-electron chi connectivity index (χ3n) is 7.24. The van der Waals surface area contributed by atoms with Crippen LogP contribution >= 0.6 is 11.6 Å². The highest BCUT2D eigenvalue weighted by atomic mass is 35.5. The van der Waals surface area contributed by atoms with Crippen LogP contribution in [0.3, 0.4) is 0 Å². The van der Waals surface area contributed by atoms with Crippen molar-refractivity contribution in [3.8, 4) is 16.8 Å². The highest BCUT2D eigenvalue weighted by Gasteiger charge is 2.19. The Morgan fingerprint density at radius 3 is 1.90 bits per heavy atom. The van der Waals surface area contributed by atoms with Gasteiger partial charge in [-0.15, -0.1) is 0 Å². The summed E-state index contributed by atoms with van der Waals surface area (Å²) in [6.07, 6.45) is 0. The lowest BCUT2D eigenvalue weighted by Gasteiger charge is -2.28. The number of aromatic nitrogens is 1. The minimum absolute atomic E-state index is 0.717. The fourth-order valence-electron chi connectivity index (χ4n) is 5.50. The number of halogens is 1. The number of rotatable bonds is 5. The molecular formula is C36H25ClN2. The van der Waals surface area contributed by atoms with Crippen LogP contribution in [-0.4, -0.2) is 4.57 Å². The maximum absolute atomic E-state index is 6.33.